The van der Waals surface area contributed by atoms with Crippen molar-refractivity contribution in [2.45, 2.75) is 19.3 Å². The van der Waals surface area contributed by atoms with Crippen LogP contribution < -0.4 is 5.32 Å². The quantitative estimate of drug-likeness (QED) is 0.761. The molecule has 1 amide bonds. The van der Waals surface area contributed by atoms with Gasteiger partial charge in [0.05, 0.1) is 12.5 Å². The number of ether oxygens (including phenoxy) is 1. The maximum Gasteiger partial charge on any atom is 0.226 e. The summed E-state index contributed by atoms with van der Waals surface area (Å²) in [5.41, 5.74) is 0. The molecule has 2 rings (SSSR count). The zero-order valence-corrected chi connectivity index (χ0v) is 10.1. The molecule has 2 atom stereocenters. The van der Waals surface area contributed by atoms with E-state index in [-0.39, 0.29) is 5.92 Å². The second-order valence-corrected chi connectivity index (χ2v) is 4.94. The molecule has 0 aliphatic carbocycles. The van der Waals surface area contributed by atoms with E-state index in [1.165, 1.54) is 0 Å². The summed E-state index contributed by atoms with van der Waals surface area (Å²) in [6.07, 6.45) is 3.28. The molecule has 0 aromatic heterocycles. The molecule has 2 heterocycles. The third-order valence-corrected chi connectivity index (χ3v) is 3.65. The van der Waals surface area contributed by atoms with E-state index in [1.807, 2.05) is 4.90 Å². The van der Waals surface area contributed by atoms with Gasteiger partial charge < -0.3 is 15.0 Å². The first-order valence-corrected chi connectivity index (χ1v) is 6.29. The molecule has 0 bridgehead atoms. The molecule has 92 valence electrons. The van der Waals surface area contributed by atoms with Crippen LogP contribution in [0.2, 0.25) is 0 Å². The smallest absolute Gasteiger partial charge is 0.226 e. The first-order chi connectivity index (χ1) is 7.81. The molecule has 2 fully saturated rings. The molecule has 2 saturated heterocycles. The Morgan fingerprint density at radius 3 is 3.06 bits per heavy atom. The first-order valence-electron chi connectivity index (χ1n) is 6.29. The van der Waals surface area contributed by atoms with Gasteiger partial charge in [0.1, 0.15) is 0 Å². The van der Waals surface area contributed by atoms with Crippen LogP contribution in [0.3, 0.4) is 0 Å². The molecule has 0 saturated carbocycles. The number of nitrogens with zero attached hydrogens (tertiary/aromatic N) is 1. The highest BCUT2D eigenvalue weighted by atomic mass is 16.5. The lowest BCUT2D eigenvalue weighted by atomic mass is 9.98. The van der Waals surface area contributed by atoms with Gasteiger partial charge in [-0.25, -0.2) is 0 Å². The fraction of sp³-hybridized carbons (Fsp3) is 0.917. The maximum absolute atomic E-state index is 12.2. The van der Waals surface area contributed by atoms with Crippen molar-refractivity contribution < 1.29 is 9.53 Å². The van der Waals surface area contributed by atoms with Gasteiger partial charge in [0.2, 0.25) is 5.91 Å². The second kappa shape index (κ2) is 5.64. The fourth-order valence-electron chi connectivity index (χ4n) is 2.73. The van der Waals surface area contributed by atoms with Gasteiger partial charge in [-0.2, -0.15) is 0 Å². The Hall–Kier alpha value is -0.610. The third kappa shape index (κ3) is 2.74. The van der Waals surface area contributed by atoms with Crippen molar-refractivity contribution >= 4 is 5.91 Å². The number of amides is 1. The van der Waals surface area contributed by atoms with Gasteiger partial charge in [0.25, 0.3) is 0 Å². The van der Waals surface area contributed by atoms with Crippen LogP contribution in [0.5, 0.6) is 0 Å². The molecule has 2 aliphatic heterocycles. The highest BCUT2D eigenvalue weighted by Gasteiger charge is 2.31. The van der Waals surface area contributed by atoms with Crippen molar-refractivity contribution in [2.24, 2.45) is 11.8 Å². The monoisotopic (exact) mass is 226 g/mol. The van der Waals surface area contributed by atoms with Crippen molar-refractivity contribution in [1.29, 1.82) is 0 Å². The Morgan fingerprint density at radius 2 is 2.38 bits per heavy atom. The van der Waals surface area contributed by atoms with E-state index in [9.17, 15) is 4.79 Å². The minimum atomic E-state index is 0.218. The molecule has 0 aromatic rings. The largest absolute Gasteiger partial charge is 0.384 e. The fourth-order valence-corrected chi connectivity index (χ4v) is 2.73. The lowest BCUT2D eigenvalue weighted by Gasteiger charge is -2.26. The Balaban J connectivity index is 1.81. The van der Waals surface area contributed by atoms with E-state index in [1.54, 1.807) is 7.11 Å². The Morgan fingerprint density at radius 1 is 1.50 bits per heavy atom. The summed E-state index contributed by atoms with van der Waals surface area (Å²) in [5, 5.41) is 3.30. The zero-order chi connectivity index (χ0) is 11.4. The highest BCUT2D eigenvalue weighted by molar-refractivity contribution is 5.79. The minimum absolute atomic E-state index is 0.218. The van der Waals surface area contributed by atoms with E-state index in [2.05, 4.69) is 5.32 Å². The van der Waals surface area contributed by atoms with Gasteiger partial charge in [0.15, 0.2) is 0 Å². The van der Waals surface area contributed by atoms with E-state index in [0.29, 0.717) is 11.8 Å². The average molecular weight is 226 g/mol. The lowest BCUT2D eigenvalue weighted by molar-refractivity contribution is -0.135. The Bertz CT molecular complexity index is 239. The van der Waals surface area contributed by atoms with E-state index in [0.717, 1.165) is 52.0 Å². The van der Waals surface area contributed by atoms with Crippen LogP contribution >= 0.6 is 0 Å². The number of hydrogen-bond acceptors (Lipinski definition) is 3. The van der Waals surface area contributed by atoms with Crippen LogP contribution in [0.1, 0.15) is 19.3 Å². The topological polar surface area (TPSA) is 41.6 Å². The molecule has 0 radical (unpaired) electrons. The predicted octanol–water partition coefficient (Wildman–Crippen LogP) is 0.481. The molecule has 4 heteroatoms. The first kappa shape index (κ1) is 11.9. The SMILES string of the molecule is COCC1CCN(C(=O)C2CCCNC2)C1. The predicted molar refractivity (Wildman–Crippen MR) is 62.2 cm³/mol. The zero-order valence-electron chi connectivity index (χ0n) is 10.1. The summed E-state index contributed by atoms with van der Waals surface area (Å²) in [7, 11) is 1.73. The summed E-state index contributed by atoms with van der Waals surface area (Å²) in [6.45, 7) is 4.53. The van der Waals surface area contributed by atoms with Crippen LogP contribution in [0.4, 0.5) is 0 Å². The van der Waals surface area contributed by atoms with Crippen LogP contribution in [-0.2, 0) is 9.53 Å². The second-order valence-electron chi connectivity index (χ2n) is 4.94. The summed E-state index contributed by atoms with van der Waals surface area (Å²) in [6, 6.07) is 0. The van der Waals surface area contributed by atoms with Gasteiger partial charge in [-0.15, -0.1) is 0 Å². The number of carbonyl (C=O) groups excluding carboxylic acids is 1. The summed E-state index contributed by atoms with van der Waals surface area (Å²) >= 11 is 0. The molecular weight excluding hydrogens is 204 g/mol. The molecule has 2 aliphatic rings. The van der Waals surface area contributed by atoms with E-state index in [4.69, 9.17) is 4.74 Å². The molecule has 16 heavy (non-hydrogen) atoms. The number of hydrogen-bond donors (Lipinski definition) is 1. The highest BCUT2D eigenvalue weighted by Crippen LogP contribution is 2.21. The number of nitrogens with one attached hydrogen (secondary N) is 1. The molecule has 1 N–H and O–H groups in total. The van der Waals surface area contributed by atoms with Crippen molar-refractivity contribution in [2.75, 3.05) is 39.9 Å². The van der Waals surface area contributed by atoms with Crippen molar-refractivity contribution in [3.05, 3.63) is 0 Å². The van der Waals surface area contributed by atoms with Crippen molar-refractivity contribution in [1.82, 2.24) is 10.2 Å². The molecular formula is C12H22N2O2. The van der Waals surface area contributed by atoms with Gasteiger partial charge in [-0.05, 0) is 25.8 Å². The lowest BCUT2D eigenvalue weighted by Crippen LogP contribution is -2.42. The van der Waals surface area contributed by atoms with Crippen LogP contribution in [0.25, 0.3) is 0 Å². The number of methoxy groups -OCH3 is 1. The number of likely N-dealkylation sites (tertiary alicyclic amines) is 1. The molecule has 2 unspecified atom stereocenters. The van der Waals surface area contributed by atoms with Crippen molar-refractivity contribution in [3.63, 3.8) is 0 Å². The minimum Gasteiger partial charge on any atom is -0.384 e. The third-order valence-electron chi connectivity index (χ3n) is 3.65. The normalized spacial score (nSPS) is 30.7. The molecule has 4 nitrogen and oxygen atoms in total. The average Bonchev–Trinajstić information content (AvgIpc) is 2.78. The van der Waals surface area contributed by atoms with Crippen LogP contribution in [0.15, 0.2) is 0 Å². The van der Waals surface area contributed by atoms with Gasteiger partial charge >= 0.3 is 0 Å². The van der Waals surface area contributed by atoms with Gasteiger partial charge in [-0.3, -0.25) is 4.79 Å². The Kier molecular flexibility index (Phi) is 4.18. The van der Waals surface area contributed by atoms with Crippen LogP contribution in [0, 0.1) is 11.8 Å². The summed E-state index contributed by atoms with van der Waals surface area (Å²) < 4.78 is 5.15. The Labute approximate surface area is 97.3 Å². The van der Waals surface area contributed by atoms with E-state index >= 15 is 0 Å². The van der Waals surface area contributed by atoms with Crippen molar-refractivity contribution in [3.8, 4) is 0 Å². The molecule has 0 spiro atoms. The number of piperidine rings is 1. The standard InChI is InChI=1S/C12H22N2O2/c1-16-9-10-4-6-14(8-10)12(15)11-3-2-5-13-7-11/h10-11,13H,2-9H2,1H3. The van der Waals surface area contributed by atoms with Crippen LogP contribution in [-0.4, -0.2) is 50.7 Å². The summed E-state index contributed by atoms with van der Waals surface area (Å²) in [5.74, 6) is 1.12. The van der Waals surface area contributed by atoms with Gasteiger partial charge in [0, 0.05) is 32.7 Å². The summed E-state index contributed by atoms with van der Waals surface area (Å²) in [4.78, 5) is 14.2. The molecule has 0 aromatic carbocycles. The van der Waals surface area contributed by atoms with Gasteiger partial charge in [-0.1, -0.05) is 0 Å². The van der Waals surface area contributed by atoms with E-state index < -0.39 is 0 Å². The maximum atomic E-state index is 12.2. The number of rotatable bonds is 3. The number of carbonyl (C=O) groups is 1.